The number of carbonyl (C=O) groups is 1. The Labute approximate surface area is 135 Å². The smallest absolute Gasteiger partial charge is 0.244 e. The fourth-order valence-corrected chi connectivity index (χ4v) is 2.03. The summed E-state index contributed by atoms with van der Waals surface area (Å²) in [6.45, 7) is 2.65. The van der Waals surface area contributed by atoms with E-state index in [1.54, 1.807) is 36.4 Å². The van der Waals surface area contributed by atoms with E-state index in [-0.39, 0.29) is 12.5 Å². The average Bonchev–Trinajstić information content (AvgIpc) is 2.60. The lowest BCUT2D eigenvalue weighted by atomic mass is 10.3. The number of para-hydroxylation sites is 2. The van der Waals surface area contributed by atoms with E-state index in [4.69, 9.17) is 9.47 Å². The standard InChI is InChI=1S/C16H20N4O3/c1-4-20(16-17-10-9-15(19-16)23-3)11-14(21)18-12-7-5-6-8-13(12)22-2/h5-10H,4,11H2,1-3H3,(H,18,21). The third kappa shape index (κ3) is 4.32. The lowest BCUT2D eigenvalue weighted by Crippen LogP contribution is -2.34. The summed E-state index contributed by atoms with van der Waals surface area (Å²) in [7, 11) is 3.10. The molecule has 7 heteroatoms. The van der Waals surface area contributed by atoms with Gasteiger partial charge in [-0.05, 0) is 19.1 Å². The maximum atomic E-state index is 12.3. The number of nitrogens with one attached hydrogen (secondary N) is 1. The van der Waals surface area contributed by atoms with Gasteiger partial charge < -0.3 is 19.7 Å². The first-order valence-corrected chi connectivity index (χ1v) is 7.22. The number of amides is 1. The van der Waals surface area contributed by atoms with Crippen LogP contribution in [-0.4, -0.2) is 43.2 Å². The van der Waals surface area contributed by atoms with Crippen LogP contribution in [0.3, 0.4) is 0 Å². The molecule has 0 bridgehead atoms. The Balaban J connectivity index is 2.07. The molecule has 0 aliphatic heterocycles. The van der Waals surface area contributed by atoms with E-state index in [2.05, 4.69) is 15.3 Å². The van der Waals surface area contributed by atoms with Crippen LogP contribution in [0.1, 0.15) is 6.92 Å². The molecule has 1 N–H and O–H groups in total. The number of likely N-dealkylation sites (N-methyl/N-ethyl adjacent to an activating group) is 1. The number of nitrogens with zero attached hydrogens (tertiary/aromatic N) is 3. The van der Waals surface area contributed by atoms with Crippen molar-refractivity contribution in [1.82, 2.24) is 9.97 Å². The van der Waals surface area contributed by atoms with Gasteiger partial charge in [0.15, 0.2) is 0 Å². The number of methoxy groups -OCH3 is 2. The van der Waals surface area contributed by atoms with Crippen LogP contribution in [0, 0.1) is 0 Å². The minimum Gasteiger partial charge on any atom is -0.495 e. The van der Waals surface area contributed by atoms with Gasteiger partial charge in [-0.15, -0.1) is 0 Å². The van der Waals surface area contributed by atoms with Crippen LogP contribution in [0.5, 0.6) is 11.6 Å². The summed E-state index contributed by atoms with van der Waals surface area (Å²) in [6, 6.07) is 8.91. The van der Waals surface area contributed by atoms with E-state index in [1.807, 2.05) is 19.1 Å². The summed E-state index contributed by atoms with van der Waals surface area (Å²) in [5.74, 6) is 1.34. The molecule has 23 heavy (non-hydrogen) atoms. The Morgan fingerprint density at radius 2 is 2.00 bits per heavy atom. The van der Waals surface area contributed by atoms with Gasteiger partial charge in [0.05, 0.1) is 19.9 Å². The summed E-state index contributed by atoms with van der Waals surface area (Å²) in [6.07, 6.45) is 1.60. The number of aromatic nitrogens is 2. The van der Waals surface area contributed by atoms with Gasteiger partial charge in [0.2, 0.25) is 17.7 Å². The van der Waals surface area contributed by atoms with Gasteiger partial charge in [-0.25, -0.2) is 4.98 Å². The molecule has 122 valence electrons. The number of hydrogen-bond donors (Lipinski definition) is 1. The van der Waals surface area contributed by atoms with E-state index in [0.717, 1.165) is 0 Å². The normalized spacial score (nSPS) is 10.0. The molecule has 0 aliphatic carbocycles. The van der Waals surface area contributed by atoms with E-state index >= 15 is 0 Å². The van der Waals surface area contributed by atoms with Gasteiger partial charge in [0, 0.05) is 18.8 Å². The topological polar surface area (TPSA) is 76.6 Å². The number of hydrogen-bond acceptors (Lipinski definition) is 6. The Morgan fingerprint density at radius 3 is 2.70 bits per heavy atom. The molecular weight excluding hydrogens is 296 g/mol. The molecule has 0 atom stereocenters. The number of benzene rings is 1. The van der Waals surface area contributed by atoms with Crippen LogP contribution in [0.4, 0.5) is 11.6 Å². The predicted molar refractivity (Wildman–Crippen MR) is 88.1 cm³/mol. The lowest BCUT2D eigenvalue weighted by molar-refractivity contribution is -0.115. The van der Waals surface area contributed by atoms with Gasteiger partial charge in [-0.1, -0.05) is 12.1 Å². The van der Waals surface area contributed by atoms with Crippen LogP contribution in [0.15, 0.2) is 36.5 Å². The van der Waals surface area contributed by atoms with Crippen LogP contribution in [0.2, 0.25) is 0 Å². The zero-order chi connectivity index (χ0) is 16.7. The molecule has 1 aromatic heterocycles. The molecule has 0 radical (unpaired) electrons. The zero-order valence-corrected chi connectivity index (χ0v) is 13.4. The third-order valence-corrected chi connectivity index (χ3v) is 3.21. The van der Waals surface area contributed by atoms with Crippen molar-refractivity contribution in [3.8, 4) is 11.6 Å². The monoisotopic (exact) mass is 316 g/mol. The first-order valence-electron chi connectivity index (χ1n) is 7.22. The molecule has 1 heterocycles. The second-order valence-corrected chi connectivity index (χ2v) is 4.66. The van der Waals surface area contributed by atoms with Crippen LogP contribution >= 0.6 is 0 Å². The number of ether oxygens (including phenoxy) is 2. The molecule has 0 saturated heterocycles. The Hall–Kier alpha value is -2.83. The van der Waals surface area contributed by atoms with Gasteiger partial charge in [-0.2, -0.15) is 4.98 Å². The second-order valence-electron chi connectivity index (χ2n) is 4.66. The van der Waals surface area contributed by atoms with E-state index in [1.165, 1.54) is 7.11 Å². The fraction of sp³-hybridized carbons (Fsp3) is 0.312. The van der Waals surface area contributed by atoms with Crippen LogP contribution in [-0.2, 0) is 4.79 Å². The quantitative estimate of drug-likeness (QED) is 0.841. The first kappa shape index (κ1) is 16.5. The molecule has 2 rings (SSSR count). The minimum absolute atomic E-state index is 0.127. The van der Waals surface area contributed by atoms with Gasteiger partial charge in [-0.3, -0.25) is 4.79 Å². The summed E-state index contributed by atoms with van der Waals surface area (Å²) in [5, 5.41) is 2.83. The molecule has 0 spiro atoms. The number of anilines is 2. The summed E-state index contributed by atoms with van der Waals surface area (Å²) < 4.78 is 10.3. The Bertz CT molecular complexity index is 663. The van der Waals surface area contributed by atoms with E-state index < -0.39 is 0 Å². The van der Waals surface area contributed by atoms with Gasteiger partial charge in [0.1, 0.15) is 12.3 Å². The summed E-state index contributed by atoms with van der Waals surface area (Å²) in [4.78, 5) is 22.5. The second kappa shape index (κ2) is 7.98. The molecular formula is C16H20N4O3. The number of rotatable bonds is 7. The average molecular weight is 316 g/mol. The summed E-state index contributed by atoms with van der Waals surface area (Å²) >= 11 is 0. The molecule has 2 aromatic rings. The van der Waals surface area contributed by atoms with E-state index in [9.17, 15) is 4.79 Å². The van der Waals surface area contributed by atoms with Crippen molar-refractivity contribution >= 4 is 17.5 Å². The maximum Gasteiger partial charge on any atom is 0.244 e. The van der Waals surface area contributed by atoms with Gasteiger partial charge >= 0.3 is 0 Å². The Kier molecular flexibility index (Phi) is 5.74. The highest BCUT2D eigenvalue weighted by atomic mass is 16.5. The van der Waals surface area contributed by atoms with Crippen LogP contribution in [0.25, 0.3) is 0 Å². The fourth-order valence-electron chi connectivity index (χ4n) is 2.03. The first-order chi connectivity index (χ1) is 11.2. The van der Waals surface area contributed by atoms with Crippen molar-refractivity contribution in [3.63, 3.8) is 0 Å². The maximum absolute atomic E-state index is 12.3. The van der Waals surface area contributed by atoms with Crippen LogP contribution < -0.4 is 19.7 Å². The highest BCUT2D eigenvalue weighted by Crippen LogP contribution is 2.23. The third-order valence-electron chi connectivity index (χ3n) is 3.21. The van der Waals surface area contributed by atoms with Crippen molar-refractivity contribution in [2.75, 3.05) is 37.5 Å². The predicted octanol–water partition coefficient (Wildman–Crippen LogP) is 1.96. The molecule has 0 saturated carbocycles. The molecule has 7 nitrogen and oxygen atoms in total. The largest absolute Gasteiger partial charge is 0.495 e. The van der Waals surface area contributed by atoms with E-state index in [0.29, 0.717) is 29.8 Å². The van der Waals surface area contributed by atoms with Crippen molar-refractivity contribution in [2.45, 2.75) is 6.92 Å². The van der Waals surface area contributed by atoms with Crippen molar-refractivity contribution in [1.29, 1.82) is 0 Å². The highest BCUT2D eigenvalue weighted by molar-refractivity contribution is 5.95. The molecule has 1 aromatic carbocycles. The molecule has 0 aliphatic rings. The molecule has 1 amide bonds. The molecule has 0 unspecified atom stereocenters. The van der Waals surface area contributed by atoms with Crippen molar-refractivity contribution < 1.29 is 14.3 Å². The zero-order valence-electron chi connectivity index (χ0n) is 13.4. The Morgan fingerprint density at radius 1 is 1.22 bits per heavy atom. The number of carbonyl (C=O) groups excluding carboxylic acids is 1. The lowest BCUT2D eigenvalue weighted by Gasteiger charge is -2.20. The SMILES string of the molecule is CCN(CC(=O)Nc1ccccc1OC)c1nccc(OC)n1. The molecule has 0 fully saturated rings. The highest BCUT2D eigenvalue weighted by Gasteiger charge is 2.14. The van der Waals surface area contributed by atoms with Crippen molar-refractivity contribution in [2.24, 2.45) is 0 Å². The van der Waals surface area contributed by atoms with Gasteiger partial charge in [0.25, 0.3) is 0 Å². The summed E-state index contributed by atoms with van der Waals surface area (Å²) in [5.41, 5.74) is 0.627. The minimum atomic E-state index is -0.178. The van der Waals surface area contributed by atoms with Crippen molar-refractivity contribution in [3.05, 3.63) is 36.5 Å².